The molecular formula is C9H18N4O2. The van der Waals surface area contributed by atoms with Gasteiger partial charge in [0.05, 0.1) is 0 Å². The topological polar surface area (TPSA) is 87.5 Å². The third-order valence-electron chi connectivity index (χ3n) is 2.32. The third-order valence-corrected chi connectivity index (χ3v) is 2.32. The summed E-state index contributed by atoms with van der Waals surface area (Å²) in [6, 6.07) is -0.186. The Balaban J connectivity index is 2.41. The van der Waals surface area contributed by atoms with E-state index in [9.17, 15) is 9.59 Å². The van der Waals surface area contributed by atoms with Gasteiger partial charge in [0.25, 0.3) is 0 Å². The van der Waals surface area contributed by atoms with E-state index in [-0.39, 0.29) is 18.0 Å². The highest BCUT2D eigenvalue weighted by Crippen LogP contribution is 1.97. The minimum Gasteiger partial charge on any atom is -0.354 e. The number of urea groups is 1. The summed E-state index contributed by atoms with van der Waals surface area (Å²) in [5, 5.41) is 5.48. The Kier molecular flexibility index (Phi) is 4.36. The molecule has 1 heterocycles. The van der Waals surface area contributed by atoms with E-state index in [2.05, 4.69) is 10.6 Å². The molecule has 0 spiro atoms. The van der Waals surface area contributed by atoms with E-state index in [4.69, 9.17) is 5.73 Å². The quantitative estimate of drug-likeness (QED) is 0.543. The number of nitrogens with one attached hydrogen (secondary N) is 2. The fourth-order valence-corrected chi connectivity index (χ4v) is 1.33. The summed E-state index contributed by atoms with van der Waals surface area (Å²) in [4.78, 5) is 24.3. The van der Waals surface area contributed by atoms with Crippen LogP contribution in [-0.2, 0) is 4.79 Å². The number of amides is 3. The smallest absolute Gasteiger partial charge is 0.317 e. The summed E-state index contributed by atoms with van der Waals surface area (Å²) < 4.78 is 0. The van der Waals surface area contributed by atoms with Gasteiger partial charge in [0.2, 0.25) is 5.91 Å². The van der Waals surface area contributed by atoms with Crippen LogP contribution in [0.1, 0.15) is 13.3 Å². The molecule has 0 aromatic rings. The molecule has 1 saturated heterocycles. The molecule has 0 saturated carbocycles. The summed E-state index contributed by atoms with van der Waals surface area (Å²) in [5.74, 6) is -0.00262. The van der Waals surface area contributed by atoms with Crippen molar-refractivity contribution in [1.29, 1.82) is 0 Å². The van der Waals surface area contributed by atoms with Crippen LogP contribution in [0.4, 0.5) is 4.79 Å². The van der Waals surface area contributed by atoms with Crippen LogP contribution < -0.4 is 16.4 Å². The highest BCUT2D eigenvalue weighted by molar-refractivity contribution is 5.79. The molecule has 1 aliphatic heterocycles. The van der Waals surface area contributed by atoms with Crippen molar-refractivity contribution in [2.75, 3.05) is 26.2 Å². The molecule has 0 aliphatic carbocycles. The molecule has 1 atom stereocenters. The van der Waals surface area contributed by atoms with Gasteiger partial charge >= 0.3 is 6.03 Å². The highest BCUT2D eigenvalue weighted by atomic mass is 16.2. The Labute approximate surface area is 89.2 Å². The summed E-state index contributed by atoms with van der Waals surface area (Å²) >= 11 is 0. The standard InChI is InChI=1S/C9H18N4O2/c1-7(6-10)12-9(15)13-4-2-8(14)11-3-5-13/h7H,2-6,10H2,1H3,(H,11,14)(H,12,15). The van der Waals surface area contributed by atoms with Crippen LogP contribution in [0.5, 0.6) is 0 Å². The fourth-order valence-electron chi connectivity index (χ4n) is 1.33. The lowest BCUT2D eigenvalue weighted by molar-refractivity contribution is -0.120. The lowest BCUT2D eigenvalue weighted by Gasteiger charge is -2.22. The molecule has 1 unspecified atom stereocenters. The first-order valence-electron chi connectivity index (χ1n) is 5.15. The Hall–Kier alpha value is -1.30. The number of carbonyl (C=O) groups is 2. The zero-order valence-corrected chi connectivity index (χ0v) is 8.95. The van der Waals surface area contributed by atoms with E-state index in [1.165, 1.54) is 0 Å². The largest absolute Gasteiger partial charge is 0.354 e. The zero-order valence-electron chi connectivity index (χ0n) is 8.95. The molecule has 6 heteroatoms. The van der Waals surface area contributed by atoms with E-state index in [0.29, 0.717) is 32.6 Å². The van der Waals surface area contributed by atoms with Gasteiger partial charge in [-0.15, -0.1) is 0 Å². The van der Waals surface area contributed by atoms with Gasteiger partial charge < -0.3 is 21.3 Å². The number of hydrogen-bond acceptors (Lipinski definition) is 3. The van der Waals surface area contributed by atoms with Crippen LogP contribution in [0.25, 0.3) is 0 Å². The molecule has 4 N–H and O–H groups in total. The van der Waals surface area contributed by atoms with Crippen LogP contribution in [0.2, 0.25) is 0 Å². The predicted molar refractivity (Wildman–Crippen MR) is 56.2 cm³/mol. The van der Waals surface area contributed by atoms with E-state index < -0.39 is 0 Å². The number of nitrogens with two attached hydrogens (primary N) is 1. The summed E-state index contributed by atoms with van der Waals surface area (Å²) in [6.45, 7) is 3.79. The Morgan fingerprint density at radius 1 is 1.67 bits per heavy atom. The summed E-state index contributed by atoms with van der Waals surface area (Å²) in [5.41, 5.74) is 5.40. The first kappa shape index (κ1) is 11.8. The maximum Gasteiger partial charge on any atom is 0.317 e. The van der Waals surface area contributed by atoms with Gasteiger partial charge in [-0.05, 0) is 6.92 Å². The van der Waals surface area contributed by atoms with Crippen molar-refractivity contribution in [3.8, 4) is 0 Å². The summed E-state index contributed by atoms with van der Waals surface area (Å²) in [6.07, 6.45) is 0.366. The molecule has 0 bridgehead atoms. The zero-order chi connectivity index (χ0) is 11.3. The second kappa shape index (κ2) is 5.55. The maximum atomic E-state index is 11.6. The Morgan fingerprint density at radius 3 is 3.07 bits per heavy atom. The fraction of sp³-hybridized carbons (Fsp3) is 0.778. The second-order valence-electron chi connectivity index (χ2n) is 3.67. The van der Waals surface area contributed by atoms with Gasteiger partial charge in [-0.1, -0.05) is 0 Å². The number of rotatable bonds is 2. The van der Waals surface area contributed by atoms with E-state index in [1.807, 2.05) is 6.92 Å². The van der Waals surface area contributed by atoms with Crippen LogP contribution in [-0.4, -0.2) is 49.1 Å². The molecule has 0 aromatic carbocycles. The predicted octanol–water partition coefficient (Wildman–Crippen LogP) is -1.13. The number of nitrogens with zero attached hydrogens (tertiary/aromatic N) is 1. The summed E-state index contributed by atoms with van der Waals surface area (Å²) in [7, 11) is 0. The normalized spacial score (nSPS) is 19.1. The average molecular weight is 214 g/mol. The van der Waals surface area contributed by atoms with Crippen molar-refractivity contribution < 1.29 is 9.59 Å². The first-order valence-corrected chi connectivity index (χ1v) is 5.15. The molecule has 0 aromatic heterocycles. The van der Waals surface area contributed by atoms with Crippen molar-refractivity contribution >= 4 is 11.9 Å². The van der Waals surface area contributed by atoms with Crippen molar-refractivity contribution in [3.63, 3.8) is 0 Å². The van der Waals surface area contributed by atoms with Gasteiger partial charge in [-0.3, -0.25) is 4.79 Å². The van der Waals surface area contributed by atoms with Crippen molar-refractivity contribution in [1.82, 2.24) is 15.5 Å². The van der Waals surface area contributed by atoms with E-state index >= 15 is 0 Å². The highest BCUT2D eigenvalue weighted by Gasteiger charge is 2.18. The average Bonchev–Trinajstić information content (AvgIpc) is 2.42. The number of hydrogen-bond donors (Lipinski definition) is 3. The van der Waals surface area contributed by atoms with Gasteiger partial charge in [0, 0.05) is 38.6 Å². The Morgan fingerprint density at radius 2 is 2.40 bits per heavy atom. The Bertz CT molecular complexity index is 244. The molecule has 1 aliphatic rings. The second-order valence-corrected chi connectivity index (χ2v) is 3.67. The van der Waals surface area contributed by atoms with Crippen LogP contribution in [0.15, 0.2) is 0 Å². The SMILES string of the molecule is CC(CN)NC(=O)N1CCNC(=O)CC1. The number of carbonyl (C=O) groups excluding carboxylic acids is 2. The minimum absolute atomic E-state index is 0.00262. The lowest BCUT2D eigenvalue weighted by atomic mass is 10.3. The van der Waals surface area contributed by atoms with Gasteiger partial charge in [0.15, 0.2) is 0 Å². The molecule has 6 nitrogen and oxygen atoms in total. The van der Waals surface area contributed by atoms with E-state index in [0.717, 1.165) is 0 Å². The molecule has 86 valence electrons. The molecule has 3 amide bonds. The van der Waals surface area contributed by atoms with Crippen molar-refractivity contribution in [2.45, 2.75) is 19.4 Å². The van der Waals surface area contributed by atoms with Crippen LogP contribution in [0, 0.1) is 0 Å². The molecular weight excluding hydrogens is 196 g/mol. The van der Waals surface area contributed by atoms with Crippen molar-refractivity contribution in [2.24, 2.45) is 5.73 Å². The lowest BCUT2D eigenvalue weighted by Crippen LogP contribution is -2.47. The maximum absolute atomic E-state index is 11.6. The van der Waals surface area contributed by atoms with Gasteiger partial charge in [0.1, 0.15) is 0 Å². The van der Waals surface area contributed by atoms with Crippen molar-refractivity contribution in [3.05, 3.63) is 0 Å². The van der Waals surface area contributed by atoms with Gasteiger partial charge in [-0.2, -0.15) is 0 Å². The van der Waals surface area contributed by atoms with Crippen LogP contribution in [0.3, 0.4) is 0 Å². The molecule has 1 rings (SSSR count). The first-order chi connectivity index (χ1) is 7.13. The molecule has 1 fully saturated rings. The molecule has 0 radical (unpaired) electrons. The van der Waals surface area contributed by atoms with Gasteiger partial charge in [-0.25, -0.2) is 4.79 Å². The molecule has 15 heavy (non-hydrogen) atoms. The van der Waals surface area contributed by atoms with Crippen LogP contribution >= 0.6 is 0 Å². The monoisotopic (exact) mass is 214 g/mol. The minimum atomic E-state index is -0.149. The third kappa shape index (κ3) is 3.75. The van der Waals surface area contributed by atoms with E-state index in [1.54, 1.807) is 4.90 Å².